The fourth-order valence-electron chi connectivity index (χ4n) is 1.08. The predicted octanol–water partition coefficient (Wildman–Crippen LogP) is -0.472. The Morgan fingerprint density at radius 3 is 2.92 bits per heavy atom. The molecule has 0 aliphatic rings. The number of rotatable bonds is 0. The second kappa shape index (κ2) is 2.07. The summed E-state index contributed by atoms with van der Waals surface area (Å²) in [4.78, 5) is 7.80. The molecule has 2 heterocycles. The predicted molar refractivity (Wildman–Crippen MR) is 45.1 cm³/mol. The number of hydrogen-bond donors (Lipinski definition) is 2. The first-order chi connectivity index (χ1) is 5.68. The maximum Gasteiger partial charge on any atom is 0.222 e. The molecule has 6 heteroatoms. The minimum atomic E-state index is 0.227. The van der Waals surface area contributed by atoms with Crippen molar-refractivity contribution in [2.45, 2.75) is 0 Å². The van der Waals surface area contributed by atoms with Crippen LogP contribution in [-0.2, 0) is 7.05 Å². The molecule has 0 fully saturated rings. The topological polar surface area (TPSA) is 95.6 Å². The molecule has 2 rings (SSSR count). The van der Waals surface area contributed by atoms with Gasteiger partial charge in [-0.1, -0.05) is 0 Å². The summed E-state index contributed by atoms with van der Waals surface area (Å²) in [5.74, 6) is 0.651. The largest absolute Gasteiger partial charge is 0.382 e. The van der Waals surface area contributed by atoms with Gasteiger partial charge in [0.15, 0.2) is 11.5 Å². The van der Waals surface area contributed by atoms with Crippen molar-refractivity contribution in [2.24, 2.45) is 7.05 Å². The van der Waals surface area contributed by atoms with E-state index in [9.17, 15) is 0 Å². The number of aryl methyl sites for hydroxylation is 1. The third kappa shape index (κ3) is 0.777. The average molecular weight is 164 g/mol. The second-order valence-electron chi connectivity index (χ2n) is 2.47. The van der Waals surface area contributed by atoms with Crippen LogP contribution in [-0.4, -0.2) is 19.7 Å². The minimum Gasteiger partial charge on any atom is -0.382 e. The van der Waals surface area contributed by atoms with Crippen molar-refractivity contribution in [1.82, 2.24) is 19.7 Å². The molecule has 0 aliphatic heterocycles. The number of anilines is 2. The van der Waals surface area contributed by atoms with Crippen LogP contribution < -0.4 is 11.5 Å². The van der Waals surface area contributed by atoms with E-state index >= 15 is 0 Å². The van der Waals surface area contributed by atoms with E-state index in [-0.39, 0.29) is 5.95 Å². The van der Waals surface area contributed by atoms with Gasteiger partial charge in [-0.2, -0.15) is 10.1 Å². The van der Waals surface area contributed by atoms with Crippen LogP contribution >= 0.6 is 0 Å². The molecule has 4 N–H and O–H groups in total. The SMILES string of the molecule is Cn1nc(N)c2cnc(N)nc21. The molecular weight excluding hydrogens is 156 g/mol. The van der Waals surface area contributed by atoms with Crippen molar-refractivity contribution in [1.29, 1.82) is 0 Å². The molecule has 12 heavy (non-hydrogen) atoms. The maximum absolute atomic E-state index is 5.57. The van der Waals surface area contributed by atoms with Gasteiger partial charge in [0.1, 0.15) is 0 Å². The molecule has 0 bridgehead atoms. The zero-order chi connectivity index (χ0) is 8.72. The Balaban J connectivity index is 2.90. The van der Waals surface area contributed by atoms with Crippen LogP contribution in [0.25, 0.3) is 11.0 Å². The number of aromatic nitrogens is 4. The third-order valence-corrected chi connectivity index (χ3v) is 1.63. The lowest BCUT2D eigenvalue weighted by atomic mass is 10.4. The Labute approximate surface area is 68.2 Å². The van der Waals surface area contributed by atoms with Gasteiger partial charge < -0.3 is 11.5 Å². The highest BCUT2D eigenvalue weighted by Crippen LogP contribution is 2.16. The summed E-state index contributed by atoms with van der Waals surface area (Å²) in [5, 5.41) is 4.70. The highest BCUT2D eigenvalue weighted by Gasteiger charge is 2.06. The number of nitrogens with zero attached hydrogens (tertiary/aromatic N) is 4. The maximum atomic E-state index is 5.57. The zero-order valence-corrected chi connectivity index (χ0v) is 6.52. The lowest BCUT2D eigenvalue weighted by Gasteiger charge is -1.92. The van der Waals surface area contributed by atoms with E-state index in [0.29, 0.717) is 11.5 Å². The Morgan fingerprint density at radius 1 is 1.42 bits per heavy atom. The molecule has 0 spiro atoms. The lowest BCUT2D eigenvalue weighted by molar-refractivity contribution is 0.791. The van der Waals surface area contributed by atoms with Crippen molar-refractivity contribution in [2.75, 3.05) is 11.5 Å². The number of hydrogen-bond acceptors (Lipinski definition) is 5. The van der Waals surface area contributed by atoms with Gasteiger partial charge in [-0.05, 0) is 0 Å². The molecule has 0 saturated heterocycles. The molecule has 0 aliphatic carbocycles. The van der Waals surface area contributed by atoms with E-state index in [2.05, 4.69) is 15.1 Å². The Kier molecular flexibility index (Phi) is 1.18. The number of fused-ring (bicyclic) bond motifs is 1. The number of nitrogens with two attached hydrogens (primary N) is 2. The van der Waals surface area contributed by atoms with Crippen LogP contribution in [0.15, 0.2) is 6.20 Å². The van der Waals surface area contributed by atoms with E-state index < -0.39 is 0 Å². The van der Waals surface area contributed by atoms with Gasteiger partial charge in [0.2, 0.25) is 5.95 Å². The summed E-state index contributed by atoms with van der Waals surface area (Å²) in [6.45, 7) is 0. The van der Waals surface area contributed by atoms with E-state index in [1.54, 1.807) is 17.9 Å². The Bertz CT molecular complexity index is 431. The molecule has 2 aromatic heterocycles. The molecule has 0 unspecified atom stereocenters. The highest BCUT2D eigenvalue weighted by molar-refractivity contribution is 5.85. The average Bonchev–Trinajstić information content (AvgIpc) is 2.28. The summed E-state index contributed by atoms with van der Waals surface area (Å²) in [6, 6.07) is 0. The van der Waals surface area contributed by atoms with Crippen molar-refractivity contribution in [3.8, 4) is 0 Å². The fraction of sp³-hybridized carbons (Fsp3) is 0.167. The van der Waals surface area contributed by atoms with Crippen molar-refractivity contribution in [3.63, 3.8) is 0 Å². The molecule has 0 aromatic carbocycles. The van der Waals surface area contributed by atoms with Crippen LogP contribution in [0.3, 0.4) is 0 Å². The highest BCUT2D eigenvalue weighted by atomic mass is 15.3. The molecule has 0 saturated carbocycles. The van der Waals surface area contributed by atoms with Crippen molar-refractivity contribution >= 4 is 22.8 Å². The van der Waals surface area contributed by atoms with Crippen LogP contribution in [0.1, 0.15) is 0 Å². The van der Waals surface area contributed by atoms with E-state index in [1.807, 2.05) is 0 Å². The molecule has 2 aromatic rings. The Morgan fingerprint density at radius 2 is 2.17 bits per heavy atom. The van der Waals surface area contributed by atoms with E-state index in [4.69, 9.17) is 11.5 Å². The summed E-state index contributed by atoms with van der Waals surface area (Å²) >= 11 is 0. The van der Waals surface area contributed by atoms with Crippen LogP contribution in [0, 0.1) is 0 Å². The molecule has 0 amide bonds. The van der Waals surface area contributed by atoms with Gasteiger partial charge >= 0.3 is 0 Å². The number of nitrogen functional groups attached to an aromatic ring is 2. The van der Waals surface area contributed by atoms with Crippen LogP contribution in [0.2, 0.25) is 0 Å². The van der Waals surface area contributed by atoms with Crippen LogP contribution in [0.4, 0.5) is 11.8 Å². The molecule has 6 nitrogen and oxygen atoms in total. The van der Waals surface area contributed by atoms with Crippen molar-refractivity contribution < 1.29 is 0 Å². The van der Waals surface area contributed by atoms with Crippen molar-refractivity contribution in [3.05, 3.63) is 6.20 Å². The first kappa shape index (κ1) is 6.84. The first-order valence-electron chi connectivity index (χ1n) is 3.39. The molecule has 0 atom stereocenters. The smallest absolute Gasteiger partial charge is 0.222 e. The summed E-state index contributed by atoms with van der Waals surface area (Å²) in [6.07, 6.45) is 1.57. The lowest BCUT2D eigenvalue weighted by Crippen LogP contribution is -1.97. The van der Waals surface area contributed by atoms with Gasteiger partial charge in [-0.25, -0.2) is 9.67 Å². The summed E-state index contributed by atoms with van der Waals surface area (Å²) in [5.41, 5.74) is 11.6. The van der Waals surface area contributed by atoms with Gasteiger partial charge in [-0.3, -0.25) is 0 Å². The van der Waals surface area contributed by atoms with Crippen LogP contribution in [0.5, 0.6) is 0 Å². The quantitative estimate of drug-likeness (QED) is 0.548. The monoisotopic (exact) mass is 164 g/mol. The second-order valence-corrected chi connectivity index (χ2v) is 2.47. The Hall–Kier alpha value is -1.85. The van der Waals surface area contributed by atoms with Gasteiger partial charge in [0.25, 0.3) is 0 Å². The fourth-order valence-corrected chi connectivity index (χ4v) is 1.08. The molecular formula is C6H8N6. The summed E-state index contributed by atoms with van der Waals surface area (Å²) < 4.78 is 1.57. The summed E-state index contributed by atoms with van der Waals surface area (Å²) in [7, 11) is 1.76. The zero-order valence-electron chi connectivity index (χ0n) is 6.52. The van der Waals surface area contributed by atoms with E-state index in [0.717, 1.165) is 5.39 Å². The molecule has 0 radical (unpaired) electrons. The van der Waals surface area contributed by atoms with Gasteiger partial charge in [-0.15, -0.1) is 0 Å². The molecule has 62 valence electrons. The van der Waals surface area contributed by atoms with Gasteiger partial charge in [0, 0.05) is 13.2 Å². The van der Waals surface area contributed by atoms with E-state index in [1.165, 1.54) is 0 Å². The van der Waals surface area contributed by atoms with Gasteiger partial charge in [0.05, 0.1) is 5.39 Å². The minimum absolute atomic E-state index is 0.227. The normalized spacial score (nSPS) is 10.8. The first-order valence-corrected chi connectivity index (χ1v) is 3.39. The third-order valence-electron chi connectivity index (χ3n) is 1.63. The standard InChI is InChI=1S/C6H8N6/c1-12-5-3(4(7)11-12)2-9-6(8)10-5/h2H,1H3,(H2,7,11)(H2,8,9,10).